The Hall–Kier alpha value is -3.24. The number of hydrogen-bond acceptors (Lipinski definition) is 5. The molecule has 0 bridgehead atoms. The van der Waals surface area contributed by atoms with Crippen molar-refractivity contribution in [3.05, 3.63) is 95.3 Å². The molecule has 0 aromatic heterocycles. The number of aryl methyl sites for hydroxylation is 1. The zero-order valence-electron chi connectivity index (χ0n) is 18.6. The zero-order chi connectivity index (χ0) is 24.5. The topological polar surface area (TPSA) is 95.9 Å². The van der Waals surface area contributed by atoms with Gasteiger partial charge in [-0.3, -0.25) is 4.72 Å². The Morgan fingerprint density at radius 3 is 2.26 bits per heavy atom. The van der Waals surface area contributed by atoms with Gasteiger partial charge in [-0.15, -0.1) is 0 Å². The lowest BCUT2D eigenvalue weighted by Crippen LogP contribution is -2.27. The predicted octanol–water partition coefficient (Wildman–Crippen LogP) is 4.44. The first kappa shape index (κ1) is 23.9. The van der Waals surface area contributed by atoms with E-state index in [1.807, 2.05) is 31.2 Å². The van der Waals surface area contributed by atoms with Gasteiger partial charge in [-0.1, -0.05) is 48.0 Å². The number of nitrogens with zero attached hydrogens (tertiary/aromatic N) is 2. The van der Waals surface area contributed by atoms with Crippen molar-refractivity contribution in [3.63, 3.8) is 0 Å². The largest absolute Gasteiger partial charge is 0.283 e. The van der Waals surface area contributed by atoms with Gasteiger partial charge in [0, 0.05) is 12.0 Å². The molecule has 3 aromatic rings. The Morgan fingerprint density at radius 1 is 0.971 bits per heavy atom. The number of hydrazone groups is 1. The molecule has 0 fully saturated rings. The molecule has 0 saturated heterocycles. The van der Waals surface area contributed by atoms with E-state index in [1.165, 1.54) is 19.1 Å². The summed E-state index contributed by atoms with van der Waals surface area (Å²) in [4.78, 5) is -0.0871. The molecular weight excluding hydrogens is 477 g/mol. The standard InChI is InChI=1S/C24H24FN3O4S2/c1-3-33(29,30)27-22-7-5-4-6-21(22)23-16-24(18-10-8-17(2)9-11-18)28(26-23)34(31,32)20-14-12-19(25)13-15-20/h4-15,24,27H,3,16H2,1-2H3. The molecule has 1 atom stereocenters. The molecule has 4 rings (SSSR count). The van der Waals surface area contributed by atoms with Crippen molar-refractivity contribution in [1.29, 1.82) is 0 Å². The van der Waals surface area contributed by atoms with Gasteiger partial charge in [0.25, 0.3) is 10.0 Å². The molecule has 0 amide bonds. The van der Waals surface area contributed by atoms with Crippen LogP contribution in [-0.2, 0) is 20.0 Å². The van der Waals surface area contributed by atoms with Gasteiger partial charge in [0.05, 0.1) is 28.1 Å². The average molecular weight is 502 g/mol. The molecular formula is C24H24FN3O4S2. The fourth-order valence-corrected chi connectivity index (χ4v) is 5.78. The molecule has 1 aliphatic heterocycles. The van der Waals surface area contributed by atoms with Crippen LogP contribution in [0.4, 0.5) is 10.1 Å². The van der Waals surface area contributed by atoms with E-state index in [-0.39, 0.29) is 17.1 Å². The van der Waals surface area contributed by atoms with Crippen LogP contribution < -0.4 is 4.72 Å². The maximum absolute atomic E-state index is 13.5. The summed E-state index contributed by atoms with van der Waals surface area (Å²) in [6.45, 7) is 3.46. The van der Waals surface area contributed by atoms with Crippen LogP contribution in [0.2, 0.25) is 0 Å². The number of para-hydroxylation sites is 1. The minimum Gasteiger partial charge on any atom is -0.283 e. The van der Waals surface area contributed by atoms with Crippen molar-refractivity contribution in [1.82, 2.24) is 4.41 Å². The highest BCUT2D eigenvalue weighted by Gasteiger charge is 2.38. The number of rotatable bonds is 7. The van der Waals surface area contributed by atoms with Crippen molar-refractivity contribution in [2.75, 3.05) is 10.5 Å². The summed E-state index contributed by atoms with van der Waals surface area (Å²) >= 11 is 0. The highest BCUT2D eigenvalue weighted by molar-refractivity contribution is 7.92. The van der Waals surface area contributed by atoms with Crippen molar-refractivity contribution >= 4 is 31.4 Å². The monoisotopic (exact) mass is 501 g/mol. The van der Waals surface area contributed by atoms with Crippen molar-refractivity contribution in [2.24, 2.45) is 5.10 Å². The van der Waals surface area contributed by atoms with E-state index >= 15 is 0 Å². The second-order valence-electron chi connectivity index (χ2n) is 7.96. The maximum atomic E-state index is 13.5. The Kier molecular flexibility index (Phi) is 6.46. The summed E-state index contributed by atoms with van der Waals surface area (Å²) in [5, 5.41) is 4.46. The van der Waals surface area contributed by atoms with Crippen LogP contribution in [0.1, 0.15) is 36.1 Å². The average Bonchev–Trinajstić information content (AvgIpc) is 3.26. The third kappa shape index (κ3) is 4.83. The second-order valence-corrected chi connectivity index (χ2v) is 11.8. The first-order chi connectivity index (χ1) is 16.1. The predicted molar refractivity (Wildman–Crippen MR) is 130 cm³/mol. The van der Waals surface area contributed by atoms with Gasteiger partial charge in [-0.25, -0.2) is 12.8 Å². The van der Waals surface area contributed by atoms with Gasteiger partial charge in [0.2, 0.25) is 10.0 Å². The quantitative estimate of drug-likeness (QED) is 0.518. The minimum absolute atomic E-state index is 0.0871. The molecule has 0 radical (unpaired) electrons. The van der Waals surface area contributed by atoms with E-state index in [4.69, 9.17) is 0 Å². The minimum atomic E-state index is -4.12. The molecule has 0 saturated carbocycles. The van der Waals surface area contributed by atoms with Crippen molar-refractivity contribution in [2.45, 2.75) is 31.2 Å². The van der Waals surface area contributed by atoms with Crippen molar-refractivity contribution < 1.29 is 21.2 Å². The van der Waals surface area contributed by atoms with Gasteiger partial charge >= 0.3 is 0 Å². The van der Waals surface area contributed by atoms with Gasteiger partial charge < -0.3 is 0 Å². The Morgan fingerprint density at radius 2 is 1.62 bits per heavy atom. The lowest BCUT2D eigenvalue weighted by atomic mass is 9.98. The number of sulfonamides is 2. The normalized spacial score (nSPS) is 16.4. The summed E-state index contributed by atoms with van der Waals surface area (Å²) in [5.41, 5.74) is 3.00. The number of benzene rings is 3. The SMILES string of the molecule is CCS(=O)(=O)Nc1ccccc1C1=NN(S(=O)(=O)c2ccc(F)cc2)C(c2ccc(C)cc2)C1. The molecule has 1 aliphatic rings. The molecule has 7 nitrogen and oxygen atoms in total. The van der Waals surface area contributed by atoms with Crippen LogP contribution in [0.25, 0.3) is 0 Å². The summed E-state index contributed by atoms with van der Waals surface area (Å²) in [5.74, 6) is -0.651. The Bertz CT molecular complexity index is 1440. The summed E-state index contributed by atoms with van der Waals surface area (Å²) in [6.07, 6.45) is 0.231. The molecule has 3 aromatic carbocycles. The number of nitrogens with one attached hydrogen (secondary N) is 1. The first-order valence-corrected chi connectivity index (χ1v) is 13.7. The third-order valence-electron chi connectivity index (χ3n) is 5.58. The van der Waals surface area contributed by atoms with Crippen LogP contribution in [0.15, 0.2) is 82.8 Å². The molecule has 178 valence electrons. The van der Waals surface area contributed by atoms with E-state index in [0.717, 1.165) is 27.7 Å². The Labute approximate surface area is 199 Å². The number of anilines is 1. The Balaban J connectivity index is 1.82. The van der Waals surface area contributed by atoms with Crippen LogP contribution in [-0.4, -0.2) is 32.7 Å². The van der Waals surface area contributed by atoms with Gasteiger partial charge in [-0.2, -0.15) is 17.9 Å². The van der Waals surface area contributed by atoms with Crippen LogP contribution in [0.5, 0.6) is 0 Å². The van der Waals surface area contributed by atoms with Crippen LogP contribution in [0.3, 0.4) is 0 Å². The first-order valence-electron chi connectivity index (χ1n) is 10.6. The van der Waals surface area contributed by atoms with E-state index in [1.54, 1.807) is 24.3 Å². The molecule has 1 unspecified atom stereocenters. The molecule has 34 heavy (non-hydrogen) atoms. The number of halogens is 1. The fourth-order valence-electron chi connectivity index (χ4n) is 3.69. The van der Waals surface area contributed by atoms with E-state index in [9.17, 15) is 21.2 Å². The van der Waals surface area contributed by atoms with E-state index in [2.05, 4.69) is 9.82 Å². The lowest BCUT2D eigenvalue weighted by molar-refractivity contribution is 0.371. The molecule has 0 aliphatic carbocycles. The smallest absolute Gasteiger partial charge is 0.279 e. The van der Waals surface area contributed by atoms with Gasteiger partial charge in [0.1, 0.15) is 5.82 Å². The summed E-state index contributed by atoms with van der Waals surface area (Å²) in [7, 11) is -7.67. The summed E-state index contributed by atoms with van der Waals surface area (Å²) in [6, 6.07) is 18.1. The molecule has 0 spiro atoms. The highest BCUT2D eigenvalue weighted by atomic mass is 32.2. The van der Waals surface area contributed by atoms with Crippen LogP contribution >= 0.6 is 0 Å². The maximum Gasteiger partial charge on any atom is 0.279 e. The molecule has 1 heterocycles. The van der Waals surface area contributed by atoms with Gasteiger partial charge in [0.15, 0.2) is 0 Å². The second kappa shape index (κ2) is 9.19. The lowest BCUT2D eigenvalue weighted by Gasteiger charge is -2.23. The number of hydrogen-bond donors (Lipinski definition) is 1. The third-order valence-corrected chi connectivity index (χ3v) is 8.56. The van der Waals surface area contributed by atoms with Crippen molar-refractivity contribution in [3.8, 4) is 0 Å². The fraction of sp³-hybridized carbons (Fsp3) is 0.208. The van der Waals surface area contributed by atoms with E-state index < -0.39 is 31.9 Å². The zero-order valence-corrected chi connectivity index (χ0v) is 20.3. The highest BCUT2D eigenvalue weighted by Crippen LogP contribution is 2.38. The molecule has 1 N–H and O–H groups in total. The molecule has 10 heteroatoms. The van der Waals surface area contributed by atoms with E-state index in [0.29, 0.717) is 17.0 Å². The van der Waals surface area contributed by atoms with Gasteiger partial charge in [-0.05, 0) is 49.7 Å². The summed E-state index contributed by atoms with van der Waals surface area (Å²) < 4.78 is 68.5. The van der Waals surface area contributed by atoms with Crippen LogP contribution in [0, 0.1) is 12.7 Å².